The second-order valence-corrected chi connectivity index (χ2v) is 5.63. The Morgan fingerprint density at radius 3 is 1.62 bits per heavy atom. The van der Waals surface area contributed by atoms with Crippen molar-refractivity contribution in [1.82, 2.24) is 0 Å². The van der Waals surface area contributed by atoms with E-state index in [1.54, 1.807) is 0 Å². The summed E-state index contributed by atoms with van der Waals surface area (Å²) in [7, 11) is 0. The number of aliphatic hydroxyl groups is 1. The first-order chi connectivity index (χ1) is 10.4. The molecule has 0 aromatic heterocycles. The lowest BCUT2D eigenvalue weighted by molar-refractivity contribution is 0.282. The van der Waals surface area contributed by atoms with Crippen LogP contribution >= 0.6 is 0 Å². The van der Waals surface area contributed by atoms with Gasteiger partial charge in [0.2, 0.25) is 0 Å². The number of aliphatic hydroxyl groups excluding tert-OH is 1. The van der Waals surface area contributed by atoms with Crippen molar-refractivity contribution in [1.29, 1.82) is 0 Å². The number of hydrogen-bond donors (Lipinski definition) is 1. The molecule has 0 heterocycles. The Hall–Kier alpha value is -0.820. The molecule has 1 N–H and O–H groups in total. The molecule has 0 radical (unpaired) electrons. The zero-order valence-electron chi connectivity index (χ0n) is 14.1. The molecule has 0 aliphatic heterocycles. The Balaban J connectivity index is 3.16. The summed E-state index contributed by atoms with van der Waals surface area (Å²) in [5.74, 6) is 0. The molecule has 21 heavy (non-hydrogen) atoms. The third kappa shape index (κ3) is 19.2. The topological polar surface area (TPSA) is 20.2 Å². The van der Waals surface area contributed by atoms with Crippen molar-refractivity contribution in [2.24, 2.45) is 0 Å². The summed E-state index contributed by atoms with van der Waals surface area (Å²) in [5, 5.41) is 8.68. The SMILES string of the molecule is CC/C=C/C/C=C/C/C=C/CCCCCCCCCCO. The van der Waals surface area contributed by atoms with Crippen LogP contribution in [0, 0.1) is 0 Å². The van der Waals surface area contributed by atoms with E-state index >= 15 is 0 Å². The molecule has 0 amide bonds. The van der Waals surface area contributed by atoms with E-state index in [-0.39, 0.29) is 0 Å². The van der Waals surface area contributed by atoms with Gasteiger partial charge >= 0.3 is 0 Å². The third-order valence-corrected chi connectivity index (χ3v) is 3.56. The van der Waals surface area contributed by atoms with Crippen molar-refractivity contribution in [2.45, 2.75) is 84.0 Å². The predicted octanol–water partition coefficient (Wildman–Crippen LogP) is 6.35. The van der Waals surface area contributed by atoms with Crippen LogP contribution in [0.5, 0.6) is 0 Å². The molecule has 0 unspecified atom stereocenters. The van der Waals surface area contributed by atoms with Crippen LogP contribution in [-0.4, -0.2) is 11.7 Å². The molecule has 0 aliphatic rings. The van der Waals surface area contributed by atoms with Crippen LogP contribution in [0.25, 0.3) is 0 Å². The second-order valence-electron chi connectivity index (χ2n) is 5.63. The summed E-state index contributed by atoms with van der Waals surface area (Å²) < 4.78 is 0. The lowest BCUT2D eigenvalue weighted by atomic mass is 10.1. The van der Waals surface area contributed by atoms with Crippen molar-refractivity contribution in [2.75, 3.05) is 6.61 Å². The maximum atomic E-state index is 8.68. The summed E-state index contributed by atoms with van der Waals surface area (Å²) in [6.07, 6.45) is 28.3. The van der Waals surface area contributed by atoms with Crippen molar-refractivity contribution in [3.63, 3.8) is 0 Å². The van der Waals surface area contributed by atoms with E-state index < -0.39 is 0 Å². The molecular formula is C20H36O. The van der Waals surface area contributed by atoms with Gasteiger partial charge in [0.15, 0.2) is 0 Å². The Bertz CT molecular complexity index is 263. The second kappa shape index (κ2) is 19.2. The van der Waals surface area contributed by atoms with Crippen LogP contribution in [0.3, 0.4) is 0 Å². The molecule has 0 aromatic carbocycles. The van der Waals surface area contributed by atoms with E-state index in [9.17, 15) is 0 Å². The summed E-state index contributed by atoms with van der Waals surface area (Å²) in [6.45, 7) is 2.53. The lowest BCUT2D eigenvalue weighted by Gasteiger charge is -2.00. The molecule has 0 bridgehead atoms. The summed E-state index contributed by atoms with van der Waals surface area (Å²) in [4.78, 5) is 0. The quantitative estimate of drug-likeness (QED) is 0.275. The molecule has 1 heteroatoms. The van der Waals surface area contributed by atoms with Crippen LogP contribution in [0.4, 0.5) is 0 Å². The molecule has 0 spiro atoms. The van der Waals surface area contributed by atoms with Crippen LogP contribution in [-0.2, 0) is 0 Å². The van der Waals surface area contributed by atoms with Crippen molar-refractivity contribution < 1.29 is 5.11 Å². The van der Waals surface area contributed by atoms with E-state index in [2.05, 4.69) is 43.4 Å². The minimum Gasteiger partial charge on any atom is -0.396 e. The van der Waals surface area contributed by atoms with E-state index in [1.165, 1.54) is 51.4 Å². The first-order valence-corrected chi connectivity index (χ1v) is 8.97. The number of rotatable bonds is 15. The van der Waals surface area contributed by atoms with Gasteiger partial charge in [-0.3, -0.25) is 0 Å². The van der Waals surface area contributed by atoms with Gasteiger partial charge in [-0.25, -0.2) is 0 Å². The van der Waals surface area contributed by atoms with Crippen molar-refractivity contribution >= 4 is 0 Å². The predicted molar refractivity (Wildman–Crippen MR) is 95.6 cm³/mol. The zero-order chi connectivity index (χ0) is 15.4. The summed E-state index contributed by atoms with van der Waals surface area (Å²) in [6, 6.07) is 0. The summed E-state index contributed by atoms with van der Waals surface area (Å²) >= 11 is 0. The molecule has 0 aliphatic carbocycles. The standard InChI is InChI=1S/C20H36O/c1-2-3-4-5-6-7-8-9-10-11-12-13-14-15-16-17-18-19-20-21/h3-4,6-7,9-10,21H,2,5,8,11-20H2,1H3/b4-3+,7-6+,10-9+. The van der Waals surface area contributed by atoms with Gasteiger partial charge in [-0.15, -0.1) is 0 Å². The Kier molecular flexibility index (Phi) is 18.4. The minimum absolute atomic E-state index is 0.358. The Morgan fingerprint density at radius 2 is 1.05 bits per heavy atom. The van der Waals surface area contributed by atoms with Gasteiger partial charge in [-0.05, 0) is 38.5 Å². The minimum atomic E-state index is 0.358. The highest BCUT2D eigenvalue weighted by atomic mass is 16.2. The van der Waals surface area contributed by atoms with E-state index in [4.69, 9.17) is 5.11 Å². The maximum absolute atomic E-state index is 8.68. The van der Waals surface area contributed by atoms with Crippen LogP contribution in [0.15, 0.2) is 36.5 Å². The van der Waals surface area contributed by atoms with Gasteiger partial charge < -0.3 is 5.11 Å². The molecule has 1 nitrogen and oxygen atoms in total. The van der Waals surface area contributed by atoms with Gasteiger partial charge in [-0.2, -0.15) is 0 Å². The largest absolute Gasteiger partial charge is 0.396 e. The first kappa shape index (κ1) is 20.2. The fraction of sp³-hybridized carbons (Fsp3) is 0.700. The molecule has 0 aromatic rings. The molecule has 0 atom stereocenters. The smallest absolute Gasteiger partial charge is 0.0431 e. The lowest BCUT2D eigenvalue weighted by Crippen LogP contribution is -1.84. The van der Waals surface area contributed by atoms with E-state index in [0.29, 0.717) is 6.61 Å². The van der Waals surface area contributed by atoms with Crippen molar-refractivity contribution in [3.8, 4) is 0 Å². The first-order valence-electron chi connectivity index (χ1n) is 8.97. The van der Waals surface area contributed by atoms with Crippen LogP contribution in [0.2, 0.25) is 0 Å². The molecule has 0 saturated carbocycles. The fourth-order valence-corrected chi connectivity index (χ4v) is 2.26. The fourth-order valence-electron chi connectivity index (χ4n) is 2.26. The normalized spacial score (nSPS) is 12.3. The van der Waals surface area contributed by atoms with Gasteiger partial charge in [0, 0.05) is 6.61 Å². The average molecular weight is 293 g/mol. The average Bonchev–Trinajstić information content (AvgIpc) is 2.50. The van der Waals surface area contributed by atoms with Gasteiger partial charge in [0.25, 0.3) is 0 Å². The van der Waals surface area contributed by atoms with Crippen molar-refractivity contribution in [3.05, 3.63) is 36.5 Å². The molecule has 0 fully saturated rings. The monoisotopic (exact) mass is 292 g/mol. The van der Waals surface area contributed by atoms with E-state index in [0.717, 1.165) is 25.7 Å². The molecular weight excluding hydrogens is 256 g/mol. The highest BCUT2D eigenvalue weighted by molar-refractivity contribution is 4.96. The number of allylic oxidation sites excluding steroid dienone is 6. The number of hydrogen-bond acceptors (Lipinski definition) is 1. The van der Waals surface area contributed by atoms with Gasteiger partial charge in [-0.1, -0.05) is 81.9 Å². The van der Waals surface area contributed by atoms with E-state index in [1.807, 2.05) is 0 Å². The zero-order valence-corrected chi connectivity index (χ0v) is 14.1. The maximum Gasteiger partial charge on any atom is 0.0431 e. The highest BCUT2D eigenvalue weighted by Gasteiger charge is 1.91. The summed E-state index contributed by atoms with van der Waals surface area (Å²) in [5.41, 5.74) is 0. The van der Waals surface area contributed by atoms with Gasteiger partial charge in [0.05, 0.1) is 0 Å². The highest BCUT2D eigenvalue weighted by Crippen LogP contribution is 2.09. The van der Waals surface area contributed by atoms with Crippen LogP contribution in [0.1, 0.15) is 84.0 Å². The third-order valence-electron chi connectivity index (χ3n) is 3.56. The Labute approximate surface area is 132 Å². The Morgan fingerprint density at radius 1 is 0.571 bits per heavy atom. The molecule has 122 valence electrons. The van der Waals surface area contributed by atoms with Crippen LogP contribution < -0.4 is 0 Å². The molecule has 0 saturated heterocycles. The molecule has 0 rings (SSSR count). The number of unbranched alkanes of at least 4 members (excludes halogenated alkanes) is 8. The van der Waals surface area contributed by atoms with Gasteiger partial charge in [0.1, 0.15) is 0 Å².